The summed E-state index contributed by atoms with van der Waals surface area (Å²) in [6.07, 6.45) is 9.97. The van der Waals surface area contributed by atoms with Crippen molar-refractivity contribution in [1.82, 2.24) is 30.3 Å². The summed E-state index contributed by atoms with van der Waals surface area (Å²) in [5.41, 5.74) is 2.13. The summed E-state index contributed by atoms with van der Waals surface area (Å²) >= 11 is 0. The van der Waals surface area contributed by atoms with E-state index >= 15 is 0 Å². The standard InChI is InChI=1S/C22H31N7O.HI/c1-23-22(25-13-17-7-9-20(10-8-17)29-16-24-15-26-29)27-19-11-12-28(14-19)21(30)18-5-3-2-4-6-18;/h7-10,15-16,18-19H,2-6,11-14H2,1H3,(H2,23,25,27);1H. The van der Waals surface area contributed by atoms with Crippen molar-refractivity contribution in [3.05, 3.63) is 42.5 Å². The van der Waals surface area contributed by atoms with Crippen molar-refractivity contribution in [2.24, 2.45) is 10.9 Å². The molecule has 2 N–H and O–H groups in total. The van der Waals surface area contributed by atoms with Crippen LogP contribution < -0.4 is 10.6 Å². The van der Waals surface area contributed by atoms with E-state index < -0.39 is 0 Å². The van der Waals surface area contributed by atoms with Crippen LogP contribution in [0.1, 0.15) is 44.1 Å². The summed E-state index contributed by atoms with van der Waals surface area (Å²) in [4.78, 5) is 23.1. The molecule has 0 radical (unpaired) electrons. The molecule has 4 rings (SSSR count). The first-order chi connectivity index (χ1) is 14.7. The number of guanidine groups is 1. The molecular formula is C22H32IN7O. The van der Waals surface area contributed by atoms with Gasteiger partial charge in [0.2, 0.25) is 5.91 Å². The fourth-order valence-corrected chi connectivity index (χ4v) is 4.37. The second-order valence-electron chi connectivity index (χ2n) is 8.18. The molecule has 1 saturated carbocycles. The summed E-state index contributed by atoms with van der Waals surface area (Å²) < 4.78 is 1.73. The van der Waals surface area contributed by atoms with E-state index in [0.29, 0.717) is 12.5 Å². The first-order valence-electron chi connectivity index (χ1n) is 10.9. The van der Waals surface area contributed by atoms with Crippen molar-refractivity contribution >= 4 is 35.8 Å². The molecule has 0 bridgehead atoms. The molecule has 1 aliphatic heterocycles. The Morgan fingerprint density at radius 3 is 2.61 bits per heavy atom. The zero-order valence-corrected chi connectivity index (χ0v) is 20.4. The van der Waals surface area contributed by atoms with E-state index in [4.69, 9.17) is 0 Å². The first kappa shape index (κ1) is 23.5. The number of halogens is 1. The third-order valence-electron chi connectivity index (χ3n) is 6.10. The Morgan fingerprint density at radius 2 is 1.94 bits per heavy atom. The van der Waals surface area contributed by atoms with Crippen LogP contribution in [-0.4, -0.2) is 57.7 Å². The minimum absolute atomic E-state index is 0. The minimum atomic E-state index is 0. The molecule has 168 valence electrons. The molecule has 8 nitrogen and oxygen atoms in total. The maximum Gasteiger partial charge on any atom is 0.225 e. The quantitative estimate of drug-likeness (QED) is 0.348. The molecule has 1 unspecified atom stereocenters. The maximum atomic E-state index is 12.8. The van der Waals surface area contributed by atoms with Crippen molar-refractivity contribution in [2.75, 3.05) is 20.1 Å². The van der Waals surface area contributed by atoms with Crippen LogP contribution in [0.15, 0.2) is 41.9 Å². The maximum absolute atomic E-state index is 12.8. The molecule has 1 aliphatic carbocycles. The van der Waals surface area contributed by atoms with Crippen LogP contribution in [0.4, 0.5) is 0 Å². The van der Waals surface area contributed by atoms with E-state index in [1.54, 1.807) is 18.1 Å². The summed E-state index contributed by atoms with van der Waals surface area (Å²) in [5.74, 6) is 1.37. The van der Waals surface area contributed by atoms with E-state index in [1.807, 2.05) is 17.0 Å². The molecule has 2 fully saturated rings. The largest absolute Gasteiger partial charge is 0.352 e. The highest BCUT2D eigenvalue weighted by molar-refractivity contribution is 14.0. The Bertz CT molecular complexity index is 847. The average Bonchev–Trinajstić information content (AvgIpc) is 3.49. The molecule has 2 heterocycles. The molecule has 1 atom stereocenters. The number of nitrogens with one attached hydrogen (secondary N) is 2. The lowest BCUT2D eigenvalue weighted by Gasteiger charge is -2.26. The Labute approximate surface area is 200 Å². The number of likely N-dealkylation sites (tertiary alicyclic amines) is 1. The third kappa shape index (κ3) is 6.18. The van der Waals surface area contributed by atoms with Gasteiger partial charge in [-0.25, -0.2) is 9.67 Å². The highest BCUT2D eigenvalue weighted by Crippen LogP contribution is 2.26. The smallest absolute Gasteiger partial charge is 0.225 e. The Morgan fingerprint density at radius 1 is 1.16 bits per heavy atom. The van der Waals surface area contributed by atoms with Gasteiger partial charge in [0.1, 0.15) is 12.7 Å². The van der Waals surface area contributed by atoms with Crippen LogP contribution in [0.2, 0.25) is 0 Å². The van der Waals surface area contributed by atoms with Gasteiger partial charge in [-0.3, -0.25) is 9.79 Å². The number of hydrogen-bond acceptors (Lipinski definition) is 4. The highest BCUT2D eigenvalue weighted by Gasteiger charge is 2.31. The van der Waals surface area contributed by atoms with Gasteiger partial charge in [-0.2, -0.15) is 5.10 Å². The fraction of sp³-hybridized carbons (Fsp3) is 0.545. The van der Waals surface area contributed by atoms with E-state index in [1.165, 1.54) is 25.6 Å². The second kappa shape index (κ2) is 11.4. The first-order valence-corrected chi connectivity index (χ1v) is 10.9. The normalized spacial score (nSPS) is 19.7. The van der Waals surface area contributed by atoms with Crippen LogP contribution in [-0.2, 0) is 11.3 Å². The third-order valence-corrected chi connectivity index (χ3v) is 6.10. The van der Waals surface area contributed by atoms with Crippen LogP contribution in [0.3, 0.4) is 0 Å². The van der Waals surface area contributed by atoms with Crippen LogP contribution >= 0.6 is 24.0 Å². The van der Waals surface area contributed by atoms with Crippen molar-refractivity contribution < 1.29 is 4.79 Å². The lowest BCUT2D eigenvalue weighted by atomic mass is 9.88. The van der Waals surface area contributed by atoms with Crippen molar-refractivity contribution in [3.8, 4) is 5.69 Å². The number of rotatable bonds is 5. The average molecular weight is 537 g/mol. The van der Waals surface area contributed by atoms with Crippen molar-refractivity contribution in [3.63, 3.8) is 0 Å². The monoisotopic (exact) mass is 537 g/mol. The lowest BCUT2D eigenvalue weighted by molar-refractivity contribution is -0.135. The number of nitrogens with zero attached hydrogens (tertiary/aromatic N) is 5. The number of amides is 1. The number of aliphatic imine (C=N–C) groups is 1. The van der Waals surface area contributed by atoms with E-state index in [9.17, 15) is 4.79 Å². The number of carbonyl (C=O) groups is 1. The number of aromatic nitrogens is 3. The van der Waals surface area contributed by atoms with E-state index in [0.717, 1.165) is 49.6 Å². The molecule has 9 heteroatoms. The molecule has 1 amide bonds. The van der Waals surface area contributed by atoms with Crippen LogP contribution in [0, 0.1) is 5.92 Å². The second-order valence-corrected chi connectivity index (χ2v) is 8.18. The molecule has 2 aromatic rings. The molecule has 1 aromatic carbocycles. The van der Waals surface area contributed by atoms with Crippen molar-refractivity contribution in [2.45, 2.75) is 51.1 Å². The molecule has 1 aromatic heterocycles. The molecule has 2 aliphatic rings. The molecule has 31 heavy (non-hydrogen) atoms. The summed E-state index contributed by atoms with van der Waals surface area (Å²) in [5, 5.41) is 11.0. The van der Waals surface area contributed by atoms with E-state index in [-0.39, 0.29) is 35.9 Å². The van der Waals surface area contributed by atoms with Gasteiger partial charge in [-0.1, -0.05) is 31.4 Å². The van der Waals surface area contributed by atoms with Crippen LogP contribution in [0.25, 0.3) is 5.69 Å². The van der Waals surface area contributed by atoms with Crippen LogP contribution in [0.5, 0.6) is 0 Å². The number of benzene rings is 1. The molecule has 0 spiro atoms. The predicted molar refractivity (Wildman–Crippen MR) is 132 cm³/mol. The zero-order valence-electron chi connectivity index (χ0n) is 18.0. The molecular weight excluding hydrogens is 505 g/mol. The van der Waals surface area contributed by atoms with Gasteiger partial charge in [0.05, 0.1) is 5.69 Å². The SMILES string of the molecule is CN=C(NCc1ccc(-n2cncn2)cc1)NC1CCN(C(=O)C2CCCCC2)C1.I. The van der Waals surface area contributed by atoms with Gasteiger partial charge < -0.3 is 15.5 Å². The Hall–Kier alpha value is -2.17. The minimum Gasteiger partial charge on any atom is -0.352 e. The topological polar surface area (TPSA) is 87.4 Å². The van der Waals surface area contributed by atoms with E-state index in [2.05, 4.69) is 37.8 Å². The zero-order chi connectivity index (χ0) is 20.8. The highest BCUT2D eigenvalue weighted by atomic mass is 127. The Kier molecular flexibility index (Phi) is 8.68. The number of hydrogen-bond donors (Lipinski definition) is 2. The molecule has 1 saturated heterocycles. The van der Waals surface area contributed by atoms with Gasteiger partial charge in [-0.05, 0) is 37.0 Å². The van der Waals surface area contributed by atoms with Gasteiger partial charge in [-0.15, -0.1) is 24.0 Å². The lowest BCUT2D eigenvalue weighted by Crippen LogP contribution is -2.45. The summed E-state index contributed by atoms with van der Waals surface area (Å²) in [6, 6.07) is 8.43. The summed E-state index contributed by atoms with van der Waals surface area (Å²) in [7, 11) is 1.78. The van der Waals surface area contributed by atoms with Gasteiger partial charge in [0.25, 0.3) is 0 Å². The number of carbonyl (C=O) groups excluding carboxylic acids is 1. The predicted octanol–water partition coefficient (Wildman–Crippen LogP) is 2.73. The van der Waals surface area contributed by atoms with Gasteiger partial charge in [0.15, 0.2) is 5.96 Å². The van der Waals surface area contributed by atoms with Crippen molar-refractivity contribution in [1.29, 1.82) is 0 Å². The fourth-order valence-electron chi connectivity index (χ4n) is 4.37. The Balaban J connectivity index is 0.00000272. The van der Waals surface area contributed by atoms with Gasteiger partial charge in [0, 0.05) is 38.6 Å². The summed E-state index contributed by atoms with van der Waals surface area (Å²) in [6.45, 7) is 2.28. The van der Waals surface area contributed by atoms with Gasteiger partial charge >= 0.3 is 0 Å².